The summed E-state index contributed by atoms with van der Waals surface area (Å²) in [7, 11) is 0. The number of pyridine rings is 1. The summed E-state index contributed by atoms with van der Waals surface area (Å²) in [6, 6.07) is 62.9. The van der Waals surface area contributed by atoms with Crippen molar-refractivity contribution in [3.05, 3.63) is 182 Å². The molecule has 3 nitrogen and oxygen atoms in total. The maximum atomic E-state index is 6.23. The van der Waals surface area contributed by atoms with Gasteiger partial charge in [-0.05, 0) is 109 Å². The molecule has 0 amide bonds. The molecule has 0 radical (unpaired) electrons. The van der Waals surface area contributed by atoms with Crippen LogP contribution in [0.4, 0.5) is 17.1 Å². The lowest BCUT2D eigenvalue weighted by atomic mass is 9.90. The van der Waals surface area contributed by atoms with Crippen molar-refractivity contribution in [3.8, 4) is 22.3 Å². The van der Waals surface area contributed by atoms with Gasteiger partial charge >= 0.3 is 0 Å². The number of aromatic nitrogens is 1. The molecule has 2 heterocycles. The first-order valence-electron chi connectivity index (χ1n) is 17.0. The predicted molar refractivity (Wildman–Crippen MR) is 210 cm³/mol. The van der Waals surface area contributed by atoms with Gasteiger partial charge in [-0.15, -0.1) is 0 Å². The van der Waals surface area contributed by atoms with E-state index in [4.69, 9.17) is 4.42 Å². The molecule has 10 rings (SSSR count). The van der Waals surface area contributed by atoms with Gasteiger partial charge in [0.05, 0.1) is 16.5 Å². The highest BCUT2D eigenvalue weighted by Gasteiger charge is 2.20. The highest BCUT2D eigenvalue weighted by Crippen LogP contribution is 2.44. The summed E-state index contributed by atoms with van der Waals surface area (Å²) in [6.45, 7) is 0. The highest BCUT2D eigenvalue weighted by atomic mass is 16.3. The summed E-state index contributed by atoms with van der Waals surface area (Å²) in [4.78, 5) is 6.86. The van der Waals surface area contributed by atoms with Crippen molar-refractivity contribution in [1.82, 2.24) is 4.98 Å². The van der Waals surface area contributed by atoms with Gasteiger partial charge in [0.25, 0.3) is 0 Å². The largest absolute Gasteiger partial charge is 0.438 e. The molecule has 0 unspecified atom stereocenters. The maximum absolute atomic E-state index is 6.23. The second-order valence-corrected chi connectivity index (χ2v) is 12.8. The van der Waals surface area contributed by atoms with Crippen molar-refractivity contribution >= 4 is 71.4 Å². The van der Waals surface area contributed by atoms with E-state index in [0.717, 1.165) is 33.4 Å². The highest BCUT2D eigenvalue weighted by molar-refractivity contribution is 6.23. The van der Waals surface area contributed by atoms with E-state index in [1.807, 2.05) is 12.1 Å². The fourth-order valence-electron chi connectivity index (χ4n) is 7.60. The molecule has 0 atom stereocenters. The van der Waals surface area contributed by atoms with Crippen molar-refractivity contribution in [2.24, 2.45) is 0 Å². The quantitative estimate of drug-likeness (QED) is 0.176. The van der Waals surface area contributed by atoms with Gasteiger partial charge in [0.2, 0.25) is 5.71 Å². The van der Waals surface area contributed by atoms with Gasteiger partial charge in [0, 0.05) is 17.6 Å². The van der Waals surface area contributed by atoms with Gasteiger partial charge < -0.3 is 9.32 Å². The molecule has 0 bridgehead atoms. The Bertz CT molecular complexity index is 2850. The molecule has 2 aromatic heterocycles. The van der Waals surface area contributed by atoms with E-state index < -0.39 is 0 Å². The molecule has 8 aromatic carbocycles. The summed E-state index contributed by atoms with van der Waals surface area (Å²) in [5, 5.41) is 9.65. The first kappa shape index (κ1) is 28.3. The Morgan fingerprint density at radius 2 is 1.06 bits per heavy atom. The van der Waals surface area contributed by atoms with Crippen LogP contribution in [0.2, 0.25) is 0 Å². The van der Waals surface area contributed by atoms with Crippen molar-refractivity contribution in [2.45, 2.75) is 0 Å². The summed E-state index contributed by atoms with van der Waals surface area (Å²) >= 11 is 0. The Balaban J connectivity index is 1.15. The van der Waals surface area contributed by atoms with Crippen LogP contribution in [0.15, 0.2) is 187 Å². The van der Waals surface area contributed by atoms with Crippen LogP contribution in [0, 0.1) is 0 Å². The fourth-order valence-corrected chi connectivity index (χ4v) is 7.60. The zero-order chi connectivity index (χ0) is 33.0. The van der Waals surface area contributed by atoms with Crippen LogP contribution in [0.5, 0.6) is 0 Å². The van der Waals surface area contributed by atoms with Crippen LogP contribution in [0.25, 0.3) is 76.6 Å². The minimum absolute atomic E-state index is 0.639. The molecule has 0 saturated heterocycles. The Kier molecular flexibility index (Phi) is 6.49. The fraction of sp³-hybridized carbons (Fsp3) is 0. The zero-order valence-corrected chi connectivity index (χ0v) is 27.1. The molecule has 0 aliphatic carbocycles. The first-order chi connectivity index (χ1) is 24.8. The van der Waals surface area contributed by atoms with Crippen LogP contribution < -0.4 is 4.90 Å². The topological polar surface area (TPSA) is 29.3 Å². The van der Waals surface area contributed by atoms with Gasteiger partial charge in [-0.2, -0.15) is 0 Å². The zero-order valence-electron chi connectivity index (χ0n) is 27.1. The molecule has 0 aliphatic rings. The van der Waals surface area contributed by atoms with E-state index in [-0.39, 0.29) is 0 Å². The lowest BCUT2D eigenvalue weighted by Crippen LogP contribution is -2.10. The lowest BCUT2D eigenvalue weighted by Gasteiger charge is -2.26. The average Bonchev–Trinajstić information content (AvgIpc) is 3.58. The molecule has 3 heteroatoms. The monoisotopic (exact) mass is 638 g/mol. The van der Waals surface area contributed by atoms with Gasteiger partial charge in [-0.1, -0.05) is 121 Å². The molecular formula is C47H30N2O. The second-order valence-electron chi connectivity index (χ2n) is 12.8. The third-order valence-corrected chi connectivity index (χ3v) is 9.91. The number of nitrogens with zero attached hydrogens (tertiary/aromatic N) is 2. The van der Waals surface area contributed by atoms with Crippen LogP contribution in [-0.2, 0) is 0 Å². The molecule has 0 spiro atoms. The molecule has 0 fully saturated rings. The number of furan rings is 1. The number of hydrogen-bond acceptors (Lipinski definition) is 3. The van der Waals surface area contributed by atoms with Gasteiger partial charge in [-0.25, -0.2) is 4.98 Å². The van der Waals surface area contributed by atoms with Crippen LogP contribution in [-0.4, -0.2) is 4.98 Å². The number of benzene rings is 8. The van der Waals surface area contributed by atoms with Gasteiger partial charge in [0.15, 0.2) is 0 Å². The summed E-state index contributed by atoms with van der Waals surface area (Å²) < 4.78 is 6.23. The lowest BCUT2D eigenvalue weighted by molar-refractivity contribution is 0.654. The van der Waals surface area contributed by atoms with Crippen molar-refractivity contribution in [3.63, 3.8) is 0 Å². The Morgan fingerprint density at radius 3 is 1.86 bits per heavy atom. The average molecular weight is 639 g/mol. The summed E-state index contributed by atoms with van der Waals surface area (Å²) in [5.41, 5.74) is 9.39. The second kappa shape index (κ2) is 11.5. The number of hydrogen-bond donors (Lipinski definition) is 0. The molecule has 0 saturated carbocycles. The van der Waals surface area contributed by atoms with E-state index in [9.17, 15) is 0 Å². The van der Waals surface area contributed by atoms with Gasteiger partial charge in [0.1, 0.15) is 5.58 Å². The van der Waals surface area contributed by atoms with Crippen molar-refractivity contribution in [1.29, 1.82) is 0 Å². The van der Waals surface area contributed by atoms with E-state index in [1.54, 1.807) is 6.20 Å². The SMILES string of the molecule is c1ccc(-c2ccc(N(c3ccc(-c4cc5ccc6ccccc6c5c5ccccc45)cc3)c3cccc4oc5ncccc5c34)cc2)cc1. The van der Waals surface area contributed by atoms with Crippen molar-refractivity contribution in [2.75, 3.05) is 4.90 Å². The number of fused-ring (bicyclic) bond motifs is 8. The molecule has 10 aromatic rings. The van der Waals surface area contributed by atoms with Crippen LogP contribution >= 0.6 is 0 Å². The minimum Gasteiger partial charge on any atom is -0.438 e. The first-order valence-corrected chi connectivity index (χ1v) is 17.0. The number of rotatable bonds is 5. The minimum atomic E-state index is 0.639. The molecule has 234 valence electrons. The van der Waals surface area contributed by atoms with E-state index >= 15 is 0 Å². The molecule has 0 N–H and O–H groups in total. The molecule has 0 aliphatic heterocycles. The third-order valence-electron chi connectivity index (χ3n) is 9.91. The van der Waals surface area contributed by atoms with Crippen LogP contribution in [0.3, 0.4) is 0 Å². The standard InChI is InChI=1S/C47H30N2O/c1-2-10-31(11-3-1)32-21-25-36(26-22-32)49(43-17-8-18-44-46(43)41-16-9-29-48-47(41)50-44)37-27-23-34(24-28-37)42-30-35-20-19-33-12-4-5-13-38(33)45(35)40-15-7-6-14-39(40)42/h1-30H. The Morgan fingerprint density at radius 1 is 0.420 bits per heavy atom. The summed E-state index contributed by atoms with van der Waals surface area (Å²) in [5.74, 6) is 0. The Hall–Kier alpha value is -6.71. The number of anilines is 3. The van der Waals surface area contributed by atoms with Gasteiger partial charge in [-0.3, -0.25) is 0 Å². The summed E-state index contributed by atoms with van der Waals surface area (Å²) in [6.07, 6.45) is 1.78. The van der Waals surface area contributed by atoms with Crippen molar-refractivity contribution < 1.29 is 4.42 Å². The van der Waals surface area contributed by atoms with E-state index in [0.29, 0.717) is 5.71 Å². The molecular weight excluding hydrogens is 609 g/mol. The maximum Gasteiger partial charge on any atom is 0.227 e. The normalized spacial score (nSPS) is 11.6. The Labute approximate surface area is 289 Å². The van der Waals surface area contributed by atoms with E-state index in [2.05, 4.69) is 174 Å². The predicted octanol–water partition coefficient (Wildman–Crippen LogP) is 13.2. The molecule has 50 heavy (non-hydrogen) atoms. The smallest absolute Gasteiger partial charge is 0.227 e. The van der Waals surface area contributed by atoms with Crippen LogP contribution in [0.1, 0.15) is 0 Å². The van der Waals surface area contributed by atoms with E-state index in [1.165, 1.54) is 54.6 Å². The third kappa shape index (κ3) is 4.56.